The second-order valence-corrected chi connectivity index (χ2v) is 4.22. The van der Waals surface area contributed by atoms with E-state index in [0.29, 0.717) is 0 Å². The lowest BCUT2D eigenvalue weighted by Crippen LogP contribution is -2.15. The van der Waals surface area contributed by atoms with Crippen molar-refractivity contribution in [2.75, 3.05) is 13.7 Å². The van der Waals surface area contributed by atoms with Crippen molar-refractivity contribution in [2.24, 2.45) is 5.92 Å². The quantitative estimate of drug-likeness (QED) is 0.721. The summed E-state index contributed by atoms with van der Waals surface area (Å²) in [5, 5.41) is 3.47. The van der Waals surface area contributed by atoms with Crippen LogP contribution < -0.4 is 10.1 Å². The Morgan fingerprint density at radius 3 is 2.87 bits per heavy atom. The highest BCUT2D eigenvalue weighted by Crippen LogP contribution is 2.31. The molecule has 0 bridgehead atoms. The molecule has 0 aliphatic heterocycles. The lowest BCUT2D eigenvalue weighted by Gasteiger charge is -2.08. The van der Waals surface area contributed by atoms with Crippen LogP contribution in [0.3, 0.4) is 0 Å². The molecule has 1 aromatic rings. The first-order chi connectivity index (χ1) is 7.40. The zero-order valence-electron chi connectivity index (χ0n) is 9.33. The van der Waals surface area contributed by atoms with Gasteiger partial charge in [-0.1, -0.05) is 31.0 Å². The van der Waals surface area contributed by atoms with Gasteiger partial charge in [-0.3, -0.25) is 0 Å². The molecular formula is C13H19NO. The van der Waals surface area contributed by atoms with Gasteiger partial charge < -0.3 is 10.1 Å². The maximum atomic E-state index is 5.30. The summed E-state index contributed by atoms with van der Waals surface area (Å²) >= 11 is 0. The number of methoxy groups -OCH3 is 1. The normalized spacial score (nSPS) is 15.3. The number of benzene rings is 1. The molecule has 2 heteroatoms. The Labute approximate surface area is 91.6 Å². The van der Waals surface area contributed by atoms with Gasteiger partial charge in [0.25, 0.3) is 0 Å². The van der Waals surface area contributed by atoms with E-state index in [1.54, 1.807) is 7.11 Å². The van der Waals surface area contributed by atoms with Crippen molar-refractivity contribution in [3.63, 3.8) is 0 Å². The summed E-state index contributed by atoms with van der Waals surface area (Å²) in [4.78, 5) is 0. The van der Waals surface area contributed by atoms with Gasteiger partial charge in [-0.25, -0.2) is 0 Å². The van der Waals surface area contributed by atoms with Crippen LogP contribution in [-0.4, -0.2) is 13.7 Å². The van der Waals surface area contributed by atoms with Crippen LogP contribution in [-0.2, 0) is 6.54 Å². The number of nitrogens with one attached hydrogen (secondary N) is 1. The fraction of sp³-hybridized carbons (Fsp3) is 0.538. The van der Waals surface area contributed by atoms with Crippen LogP contribution in [0.15, 0.2) is 24.3 Å². The molecule has 0 radical (unpaired) electrons. The third-order valence-electron chi connectivity index (χ3n) is 2.93. The van der Waals surface area contributed by atoms with Gasteiger partial charge in [-0.05, 0) is 24.9 Å². The van der Waals surface area contributed by atoms with E-state index in [-0.39, 0.29) is 0 Å². The van der Waals surface area contributed by atoms with Crippen LogP contribution in [0.1, 0.15) is 24.8 Å². The monoisotopic (exact) mass is 205 g/mol. The third-order valence-corrected chi connectivity index (χ3v) is 2.93. The predicted octanol–water partition coefficient (Wildman–Crippen LogP) is 2.58. The first-order valence-corrected chi connectivity index (χ1v) is 5.73. The van der Waals surface area contributed by atoms with Gasteiger partial charge in [-0.15, -0.1) is 0 Å². The summed E-state index contributed by atoms with van der Waals surface area (Å²) in [6, 6.07) is 8.19. The molecule has 15 heavy (non-hydrogen) atoms. The van der Waals surface area contributed by atoms with Crippen molar-refractivity contribution in [2.45, 2.75) is 25.8 Å². The van der Waals surface area contributed by atoms with E-state index in [0.717, 1.165) is 24.8 Å². The van der Waals surface area contributed by atoms with E-state index >= 15 is 0 Å². The van der Waals surface area contributed by atoms with Crippen LogP contribution in [0.25, 0.3) is 0 Å². The third kappa shape index (κ3) is 3.24. The minimum absolute atomic E-state index is 0.913. The van der Waals surface area contributed by atoms with Gasteiger partial charge in [0.1, 0.15) is 5.75 Å². The van der Waals surface area contributed by atoms with E-state index in [4.69, 9.17) is 4.74 Å². The van der Waals surface area contributed by atoms with Gasteiger partial charge in [0, 0.05) is 12.1 Å². The highest BCUT2D eigenvalue weighted by molar-refractivity contribution is 5.32. The summed E-state index contributed by atoms with van der Waals surface area (Å²) in [6.07, 6.45) is 4.21. The van der Waals surface area contributed by atoms with E-state index in [2.05, 4.69) is 17.4 Å². The lowest BCUT2D eigenvalue weighted by molar-refractivity contribution is 0.407. The molecule has 0 unspecified atom stereocenters. The molecule has 1 aliphatic rings. The number of para-hydroxylation sites is 1. The van der Waals surface area contributed by atoms with Gasteiger partial charge in [0.15, 0.2) is 0 Å². The molecule has 82 valence electrons. The van der Waals surface area contributed by atoms with Crippen LogP contribution in [0, 0.1) is 5.92 Å². The van der Waals surface area contributed by atoms with Gasteiger partial charge in [0.05, 0.1) is 7.11 Å². The molecule has 0 saturated heterocycles. The molecule has 0 aromatic heterocycles. The molecule has 1 aliphatic carbocycles. The maximum absolute atomic E-state index is 5.30. The molecular weight excluding hydrogens is 186 g/mol. The second-order valence-electron chi connectivity index (χ2n) is 4.22. The zero-order chi connectivity index (χ0) is 10.5. The smallest absolute Gasteiger partial charge is 0.123 e. The molecule has 1 fully saturated rings. The van der Waals surface area contributed by atoms with Gasteiger partial charge in [-0.2, -0.15) is 0 Å². The highest BCUT2D eigenvalue weighted by atomic mass is 16.5. The number of rotatable bonds is 6. The summed E-state index contributed by atoms with van der Waals surface area (Å²) in [7, 11) is 1.73. The molecule has 0 amide bonds. The average molecular weight is 205 g/mol. The maximum Gasteiger partial charge on any atom is 0.123 e. The highest BCUT2D eigenvalue weighted by Gasteiger charge is 2.19. The topological polar surface area (TPSA) is 21.3 Å². The van der Waals surface area contributed by atoms with Crippen molar-refractivity contribution >= 4 is 0 Å². The first-order valence-electron chi connectivity index (χ1n) is 5.73. The van der Waals surface area contributed by atoms with Gasteiger partial charge in [0.2, 0.25) is 0 Å². The average Bonchev–Trinajstić information content (AvgIpc) is 3.09. The fourth-order valence-electron chi connectivity index (χ4n) is 1.78. The van der Waals surface area contributed by atoms with Gasteiger partial charge >= 0.3 is 0 Å². The molecule has 2 nitrogen and oxygen atoms in total. The largest absolute Gasteiger partial charge is 0.496 e. The molecule has 0 spiro atoms. The first kappa shape index (κ1) is 10.5. The van der Waals surface area contributed by atoms with Crippen molar-refractivity contribution in [3.05, 3.63) is 29.8 Å². The molecule has 0 atom stereocenters. The Balaban J connectivity index is 1.75. The number of hydrogen-bond donors (Lipinski definition) is 1. The molecule has 1 aromatic carbocycles. The minimum Gasteiger partial charge on any atom is -0.496 e. The standard InChI is InChI=1S/C13H19NO/c1-15-13-5-3-2-4-12(13)10-14-9-8-11-6-7-11/h2-5,11,14H,6-10H2,1H3. The number of hydrogen-bond acceptors (Lipinski definition) is 2. The van der Waals surface area contributed by atoms with E-state index in [9.17, 15) is 0 Å². The van der Waals surface area contributed by atoms with E-state index in [1.165, 1.54) is 24.8 Å². The fourth-order valence-corrected chi connectivity index (χ4v) is 1.78. The second kappa shape index (κ2) is 5.17. The minimum atomic E-state index is 0.913. The molecule has 0 heterocycles. The molecule has 1 N–H and O–H groups in total. The van der Waals surface area contributed by atoms with Crippen LogP contribution in [0.2, 0.25) is 0 Å². The Hall–Kier alpha value is -1.02. The van der Waals surface area contributed by atoms with Crippen molar-refractivity contribution in [3.8, 4) is 5.75 Å². The van der Waals surface area contributed by atoms with Crippen LogP contribution in [0.4, 0.5) is 0 Å². The SMILES string of the molecule is COc1ccccc1CNCCC1CC1. The Morgan fingerprint density at radius 2 is 2.13 bits per heavy atom. The van der Waals surface area contributed by atoms with Crippen LogP contribution in [0.5, 0.6) is 5.75 Å². The predicted molar refractivity (Wildman–Crippen MR) is 62.0 cm³/mol. The molecule has 2 rings (SSSR count). The Kier molecular flexibility index (Phi) is 3.62. The van der Waals surface area contributed by atoms with E-state index < -0.39 is 0 Å². The Morgan fingerprint density at radius 1 is 1.33 bits per heavy atom. The summed E-state index contributed by atoms with van der Waals surface area (Å²) in [5.41, 5.74) is 1.25. The molecule has 1 saturated carbocycles. The Bertz CT molecular complexity index is 307. The number of ether oxygens (including phenoxy) is 1. The van der Waals surface area contributed by atoms with Crippen molar-refractivity contribution < 1.29 is 4.74 Å². The van der Waals surface area contributed by atoms with Crippen molar-refractivity contribution in [1.82, 2.24) is 5.32 Å². The zero-order valence-corrected chi connectivity index (χ0v) is 9.33. The summed E-state index contributed by atoms with van der Waals surface area (Å²) < 4.78 is 5.30. The lowest BCUT2D eigenvalue weighted by atomic mass is 10.2. The summed E-state index contributed by atoms with van der Waals surface area (Å²) in [5.74, 6) is 1.99. The summed E-state index contributed by atoms with van der Waals surface area (Å²) in [6.45, 7) is 2.04. The van der Waals surface area contributed by atoms with Crippen molar-refractivity contribution in [1.29, 1.82) is 0 Å². The van der Waals surface area contributed by atoms with E-state index in [1.807, 2.05) is 12.1 Å². The van der Waals surface area contributed by atoms with Crippen LogP contribution >= 0.6 is 0 Å².